The van der Waals surface area contributed by atoms with Crippen LogP contribution < -0.4 is 19.5 Å². The van der Waals surface area contributed by atoms with E-state index < -0.39 is 0 Å². The second-order valence-corrected chi connectivity index (χ2v) is 4.89. The van der Waals surface area contributed by atoms with Crippen LogP contribution in [0.4, 0.5) is 0 Å². The van der Waals surface area contributed by atoms with Crippen LogP contribution in [0.1, 0.15) is 28.9 Å². The lowest BCUT2D eigenvalue weighted by Gasteiger charge is -2.16. The van der Waals surface area contributed by atoms with Crippen LogP contribution in [0, 0.1) is 0 Å². The summed E-state index contributed by atoms with van der Waals surface area (Å²) in [6.45, 7) is 1.91. The molecule has 0 radical (unpaired) electrons. The third kappa shape index (κ3) is 3.71. The van der Waals surface area contributed by atoms with E-state index in [1.807, 2.05) is 19.1 Å². The van der Waals surface area contributed by atoms with Gasteiger partial charge in [0, 0.05) is 18.0 Å². The molecule has 1 aromatic carbocycles. The van der Waals surface area contributed by atoms with E-state index in [1.54, 1.807) is 24.5 Å². The first-order chi connectivity index (χ1) is 11.1. The molecule has 0 aliphatic heterocycles. The molecule has 0 aliphatic rings. The van der Waals surface area contributed by atoms with Crippen molar-refractivity contribution in [3.63, 3.8) is 0 Å². The molecule has 1 N–H and O–H groups in total. The van der Waals surface area contributed by atoms with Gasteiger partial charge in [0.25, 0.3) is 5.91 Å². The van der Waals surface area contributed by atoms with Gasteiger partial charge in [0.2, 0.25) is 5.75 Å². The molecule has 0 unspecified atom stereocenters. The van der Waals surface area contributed by atoms with Crippen LogP contribution in [0.15, 0.2) is 36.7 Å². The van der Waals surface area contributed by atoms with Crippen LogP contribution in [0.2, 0.25) is 0 Å². The lowest BCUT2D eigenvalue weighted by Crippen LogP contribution is -2.26. The zero-order chi connectivity index (χ0) is 16.8. The van der Waals surface area contributed by atoms with Crippen LogP contribution in [0.3, 0.4) is 0 Å². The lowest BCUT2D eigenvalue weighted by atomic mass is 10.1. The number of carbonyl (C=O) groups is 1. The van der Waals surface area contributed by atoms with Gasteiger partial charge in [0.15, 0.2) is 11.5 Å². The van der Waals surface area contributed by atoms with Gasteiger partial charge in [0.1, 0.15) is 0 Å². The molecule has 6 heteroatoms. The predicted molar refractivity (Wildman–Crippen MR) is 86.2 cm³/mol. The Kier molecular flexibility index (Phi) is 5.41. The lowest BCUT2D eigenvalue weighted by molar-refractivity contribution is 0.0939. The largest absolute Gasteiger partial charge is 0.493 e. The number of hydrogen-bond acceptors (Lipinski definition) is 5. The molecule has 0 aliphatic carbocycles. The maximum absolute atomic E-state index is 12.5. The highest BCUT2D eigenvalue weighted by atomic mass is 16.5. The molecular formula is C17H20N2O4. The van der Waals surface area contributed by atoms with E-state index in [9.17, 15) is 4.79 Å². The summed E-state index contributed by atoms with van der Waals surface area (Å²) in [4.78, 5) is 16.5. The third-order valence-corrected chi connectivity index (χ3v) is 3.48. The average molecular weight is 316 g/mol. The number of benzene rings is 1. The Morgan fingerprint density at radius 1 is 1.04 bits per heavy atom. The minimum absolute atomic E-state index is 0.149. The van der Waals surface area contributed by atoms with Gasteiger partial charge in [-0.15, -0.1) is 0 Å². The van der Waals surface area contributed by atoms with Gasteiger partial charge in [-0.05, 0) is 36.8 Å². The fourth-order valence-corrected chi connectivity index (χ4v) is 2.23. The third-order valence-electron chi connectivity index (χ3n) is 3.48. The molecular weight excluding hydrogens is 296 g/mol. The second kappa shape index (κ2) is 7.49. The highest BCUT2D eigenvalue weighted by Gasteiger charge is 2.18. The van der Waals surface area contributed by atoms with E-state index in [1.165, 1.54) is 21.3 Å². The van der Waals surface area contributed by atoms with Gasteiger partial charge in [-0.2, -0.15) is 0 Å². The van der Waals surface area contributed by atoms with Gasteiger partial charge in [-0.25, -0.2) is 0 Å². The zero-order valence-corrected chi connectivity index (χ0v) is 13.6. The SMILES string of the molecule is COc1cc(C(=O)N[C@H](C)c2ccncc2)cc(OC)c1OC. The van der Waals surface area contributed by atoms with E-state index in [-0.39, 0.29) is 11.9 Å². The quantitative estimate of drug-likeness (QED) is 0.887. The van der Waals surface area contributed by atoms with Crippen molar-refractivity contribution in [1.82, 2.24) is 10.3 Å². The van der Waals surface area contributed by atoms with E-state index >= 15 is 0 Å². The standard InChI is InChI=1S/C17H20N2O4/c1-11(12-5-7-18-8-6-12)19-17(20)13-9-14(21-2)16(23-4)15(10-13)22-3/h5-11H,1-4H3,(H,19,20)/t11-/m1/s1. The van der Waals surface area contributed by atoms with Crippen molar-refractivity contribution in [3.8, 4) is 17.2 Å². The van der Waals surface area contributed by atoms with Gasteiger partial charge >= 0.3 is 0 Å². The molecule has 2 rings (SSSR count). The first-order valence-electron chi connectivity index (χ1n) is 7.11. The number of carbonyl (C=O) groups excluding carboxylic acids is 1. The Labute approximate surface area is 135 Å². The zero-order valence-electron chi connectivity index (χ0n) is 13.6. The summed E-state index contributed by atoms with van der Waals surface area (Å²) < 4.78 is 15.8. The molecule has 1 heterocycles. The maximum atomic E-state index is 12.5. The highest BCUT2D eigenvalue weighted by Crippen LogP contribution is 2.38. The van der Waals surface area contributed by atoms with Crippen LogP contribution in [0.5, 0.6) is 17.2 Å². The van der Waals surface area contributed by atoms with Gasteiger partial charge < -0.3 is 19.5 Å². The Balaban J connectivity index is 2.25. The number of hydrogen-bond donors (Lipinski definition) is 1. The Hall–Kier alpha value is -2.76. The summed E-state index contributed by atoms with van der Waals surface area (Å²) in [7, 11) is 4.54. The molecule has 1 aromatic heterocycles. The molecule has 23 heavy (non-hydrogen) atoms. The van der Waals surface area contributed by atoms with E-state index in [4.69, 9.17) is 14.2 Å². The molecule has 0 spiro atoms. The number of amides is 1. The number of pyridine rings is 1. The van der Waals surface area contributed by atoms with Crippen LogP contribution >= 0.6 is 0 Å². The van der Waals surface area contributed by atoms with Gasteiger partial charge in [0.05, 0.1) is 27.4 Å². The number of aromatic nitrogens is 1. The van der Waals surface area contributed by atoms with Crippen LogP contribution in [-0.2, 0) is 0 Å². The van der Waals surface area contributed by atoms with Crippen molar-refractivity contribution in [2.75, 3.05) is 21.3 Å². The summed E-state index contributed by atoms with van der Waals surface area (Å²) in [5.41, 5.74) is 1.40. The van der Waals surface area contributed by atoms with Crippen molar-refractivity contribution in [3.05, 3.63) is 47.8 Å². The van der Waals surface area contributed by atoms with Crippen molar-refractivity contribution in [2.24, 2.45) is 0 Å². The van der Waals surface area contributed by atoms with E-state index in [0.29, 0.717) is 22.8 Å². The molecule has 122 valence electrons. The molecule has 6 nitrogen and oxygen atoms in total. The van der Waals surface area contributed by atoms with Crippen molar-refractivity contribution in [2.45, 2.75) is 13.0 Å². The molecule has 2 aromatic rings. The molecule has 1 amide bonds. The first kappa shape index (κ1) is 16.6. The second-order valence-electron chi connectivity index (χ2n) is 4.89. The molecule has 0 fully saturated rings. The number of nitrogens with one attached hydrogen (secondary N) is 1. The first-order valence-corrected chi connectivity index (χ1v) is 7.11. The predicted octanol–water partition coefficient (Wildman–Crippen LogP) is 2.60. The fraction of sp³-hybridized carbons (Fsp3) is 0.294. The highest BCUT2D eigenvalue weighted by molar-refractivity contribution is 5.95. The maximum Gasteiger partial charge on any atom is 0.252 e. The summed E-state index contributed by atoms with van der Waals surface area (Å²) in [6.07, 6.45) is 3.38. The Morgan fingerprint density at radius 2 is 1.61 bits per heavy atom. The normalized spacial score (nSPS) is 11.5. The van der Waals surface area contributed by atoms with Crippen molar-refractivity contribution >= 4 is 5.91 Å². The van der Waals surface area contributed by atoms with Crippen molar-refractivity contribution < 1.29 is 19.0 Å². The fourth-order valence-electron chi connectivity index (χ4n) is 2.23. The Morgan fingerprint density at radius 3 is 2.09 bits per heavy atom. The minimum atomic E-state index is -0.228. The number of rotatable bonds is 6. The average Bonchev–Trinajstić information content (AvgIpc) is 2.60. The number of methoxy groups -OCH3 is 3. The van der Waals surface area contributed by atoms with E-state index in [2.05, 4.69) is 10.3 Å². The van der Waals surface area contributed by atoms with Crippen LogP contribution in [-0.4, -0.2) is 32.2 Å². The number of ether oxygens (including phenoxy) is 3. The van der Waals surface area contributed by atoms with Crippen molar-refractivity contribution in [1.29, 1.82) is 0 Å². The summed E-state index contributed by atoms with van der Waals surface area (Å²) in [6, 6.07) is 6.82. The Bertz CT molecular complexity index is 649. The molecule has 1 atom stereocenters. The van der Waals surface area contributed by atoms with Crippen LogP contribution in [0.25, 0.3) is 0 Å². The summed E-state index contributed by atoms with van der Waals surface area (Å²) in [5, 5.41) is 2.93. The smallest absolute Gasteiger partial charge is 0.252 e. The van der Waals surface area contributed by atoms with E-state index in [0.717, 1.165) is 5.56 Å². The molecule has 0 bridgehead atoms. The van der Waals surface area contributed by atoms with Gasteiger partial charge in [-0.3, -0.25) is 9.78 Å². The monoisotopic (exact) mass is 316 g/mol. The minimum Gasteiger partial charge on any atom is -0.493 e. The summed E-state index contributed by atoms with van der Waals surface area (Å²) in [5.74, 6) is 1.10. The summed E-state index contributed by atoms with van der Waals surface area (Å²) >= 11 is 0. The topological polar surface area (TPSA) is 69.7 Å². The van der Waals surface area contributed by atoms with Gasteiger partial charge in [-0.1, -0.05) is 0 Å². The molecule has 0 saturated heterocycles. The molecule has 0 saturated carbocycles. The number of nitrogens with zero attached hydrogens (tertiary/aromatic N) is 1.